The Balaban J connectivity index is 0.00000225. The van der Waals surface area contributed by atoms with E-state index in [9.17, 15) is 10.1 Å². The summed E-state index contributed by atoms with van der Waals surface area (Å²) in [4.78, 5) is 10.3. The van der Waals surface area contributed by atoms with Crippen molar-refractivity contribution < 1.29 is 26.7 Å². The fourth-order valence-corrected chi connectivity index (χ4v) is 2.45. The predicted octanol–water partition coefficient (Wildman–Crippen LogP) is 3.80. The normalized spacial score (nSPS) is 19.5. The van der Waals surface area contributed by atoms with Crippen LogP contribution in [0.1, 0.15) is 5.56 Å². The van der Waals surface area contributed by atoms with Gasteiger partial charge in [0.1, 0.15) is 0 Å². The van der Waals surface area contributed by atoms with E-state index in [2.05, 4.69) is 0 Å². The van der Waals surface area contributed by atoms with Crippen molar-refractivity contribution >= 4 is 11.8 Å². The summed E-state index contributed by atoms with van der Waals surface area (Å²) in [5, 5.41) is 10.7. The summed E-state index contributed by atoms with van der Waals surface area (Å²) >= 11 is 0. The SMILES string of the molecule is O=[N+]([O-])c1ccc(/C=C/[C]2[CH][CH][CH][C]2COC[C]2[CH][CH][CH][CH]2)cc1.[Fe+2]. The molecule has 5 heteroatoms. The van der Waals surface area contributed by atoms with Crippen LogP contribution >= 0.6 is 0 Å². The number of rotatable bonds is 7. The molecule has 0 spiro atoms. The largest absolute Gasteiger partial charge is 2.00 e. The molecule has 25 heavy (non-hydrogen) atoms. The number of hydrogen-bond donors (Lipinski definition) is 0. The van der Waals surface area contributed by atoms with Gasteiger partial charge in [0.05, 0.1) is 18.1 Å². The van der Waals surface area contributed by atoms with E-state index < -0.39 is 4.92 Å². The van der Waals surface area contributed by atoms with Crippen molar-refractivity contribution in [2.45, 2.75) is 0 Å². The number of non-ortho nitro benzene ring substituents is 1. The van der Waals surface area contributed by atoms with Gasteiger partial charge in [0, 0.05) is 29.9 Å². The number of nitro benzene ring substituents is 1. The molecule has 0 heterocycles. The molecule has 0 N–H and O–H groups in total. The maximum absolute atomic E-state index is 10.7. The first-order valence-electron chi connectivity index (χ1n) is 7.68. The molecule has 2 saturated carbocycles. The average Bonchev–Trinajstić information content (AvgIpc) is 3.25. The fraction of sp³-hybridized carbons (Fsp3) is 0.100. The minimum atomic E-state index is -0.396. The van der Waals surface area contributed by atoms with Crippen LogP contribution in [0.25, 0.3) is 6.08 Å². The molecule has 0 bridgehead atoms. The predicted molar refractivity (Wildman–Crippen MR) is 92.8 cm³/mol. The fourth-order valence-electron chi connectivity index (χ4n) is 2.45. The van der Waals surface area contributed by atoms with Gasteiger partial charge in [-0.3, -0.25) is 10.1 Å². The minimum Gasteiger partial charge on any atom is -0.380 e. The molecule has 126 valence electrons. The second-order valence-electron chi connectivity index (χ2n) is 5.47. The van der Waals surface area contributed by atoms with E-state index in [0.717, 1.165) is 17.4 Å². The number of allylic oxidation sites excluding steroid dienone is 1. The van der Waals surface area contributed by atoms with Crippen molar-refractivity contribution in [3.63, 3.8) is 0 Å². The Labute approximate surface area is 160 Å². The summed E-state index contributed by atoms with van der Waals surface area (Å²) in [7, 11) is 0. The second-order valence-corrected chi connectivity index (χ2v) is 5.47. The molecule has 1 aromatic carbocycles. The van der Waals surface area contributed by atoms with Gasteiger partial charge in [0.2, 0.25) is 0 Å². The van der Waals surface area contributed by atoms with Gasteiger partial charge in [-0.2, -0.15) is 0 Å². The summed E-state index contributed by atoms with van der Waals surface area (Å²) in [5.74, 6) is 3.39. The molecule has 0 atom stereocenters. The van der Waals surface area contributed by atoms with Gasteiger partial charge in [-0.15, -0.1) is 0 Å². The zero-order valence-corrected chi connectivity index (χ0v) is 14.5. The molecule has 10 radical (unpaired) electrons. The van der Waals surface area contributed by atoms with E-state index in [1.165, 1.54) is 18.1 Å². The van der Waals surface area contributed by atoms with Crippen LogP contribution in [0.3, 0.4) is 0 Å². The van der Waals surface area contributed by atoms with Gasteiger partial charge in [0.25, 0.3) is 5.69 Å². The van der Waals surface area contributed by atoms with E-state index >= 15 is 0 Å². The maximum atomic E-state index is 10.7. The Morgan fingerprint density at radius 3 is 2.32 bits per heavy atom. The van der Waals surface area contributed by atoms with Gasteiger partial charge in [-0.25, -0.2) is 0 Å². The monoisotopic (exact) mass is 375 g/mol. The van der Waals surface area contributed by atoms with Gasteiger partial charge in [-0.1, -0.05) is 12.2 Å². The van der Waals surface area contributed by atoms with Crippen LogP contribution in [0.5, 0.6) is 0 Å². The summed E-state index contributed by atoms with van der Waals surface area (Å²) in [6.45, 7) is 1.15. The molecule has 2 aliphatic rings. The maximum Gasteiger partial charge on any atom is 2.00 e. The number of ether oxygens (including phenoxy) is 1. The third-order valence-electron chi connectivity index (χ3n) is 3.76. The van der Waals surface area contributed by atoms with Crippen LogP contribution in [-0.4, -0.2) is 18.1 Å². The van der Waals surface area contributed by atoms with Crippen LogP contribution in [0, 0.1) is 72.8 Å². The van der Waals surface area contributed by atoms with E-state index in [-0.39, 0.29) is 22.8 Å². The molecule has 3 rings (SSSR count). The summed E-state index contributed by atoms with van der Waals surface area (Å²) in [6, 6.07) is 6.50. The van der Waals surface area contributed by atoms with Crippen molar-refractivity contribution in [1.29, 1.82) is 0 Å². The van der Waals surface area contributed by atoms with E-state index in [0.29, 0.717) is 13.2 Å². The molecule has 4 nitrogen and oxygen atoms in total. The first-order chi connectivity index (χ1) is 11.7. The molecular weight excluding hydrogens is 358 g/mol. The average molecular weight is 375 g/mol. The standard InChI is InChI=1S/C20H17NO3.Fe/c22-21(23)20-12-9-16(10-13-20)8-11-18-6-3-7-19(18)15-24-14-17-4-1-2-5-17;/h1-13H,14-15H2;/q;+2/b11-8+;. The smallest absolute Gasteiger partial charge is 0.380 e. The van der Waals surface area contributed by atoms with E-state index in [1.54, 1.807) is 12.1 Å². The molecule has 0 saturated heterocycles. The van der Waals surface area contributed by atoms with Crippen molar-refractivity contribution in [1.82, 2.24) is 0 Å². The Hall–Kier alpha value is -1.16. The van der Waals surface area contributed by atoms with E-state index in [1.807, 2.05) is 57.1 Å². The molecule has 0 unspecified atom stereocenters. The first kappa shape index (κ1) is 20.2. The summed E-state index contributed by atoms with van der Waals surface area (Å²) in [5.41, 5.74) is 1.02. The molecule has 2 fully saturated rings. The molecule has 1 aromatic rings. The topological polar surface area (TPSA) is 52.4 Å². The molecule has 0 amide bonds. The number of nitro groups is 1. The summed E-state index contributed by atoms with van der Waals surface area (Å²) in [6.07, 6.45) is 18.1. The molecule has 0 aromatic heterocycles. The van der Waals surface area contributed by atoms with Gasteiger partial charge in [0.15, 0.2) is 0 Å². The first-order valence-corrected chi connectivity index (χ1v) is 7.68. The molecule has 2 aliphatic carbocycles. The quantitative estimate of drug-likeness (QED) is 0.414. The Morgan fingerprint density at radius 2 is 1.64 bits per heavy atom. The Bertz CT molecular complexity index is 567. The van der Waals surface area contributed by atoms with Crippen LogP contribution in [0.15, 0.2) is 30.3 Å². The van der Waals surface area contributed by atoms with Gasteiger partial charge >= 0.3 is 17.1 Å². The number of nitrogens with zero attached hydrogens (tertiary/aromatic N) is 1. The number of hydrogen-bond acceptors (Lipinski definition) is 3. The van der Waals surface area contributed by atoms with Crippen LogP contribution in [0.2, 0.25) is 0 Å². The minimum absolute atomic E-state index is 0. The van der Waals surface area contributed by atoms with Gasteiger partial charge < -0.3 is 4.74 Å². The molecule has 0 aliphatic heterocycles. The van der Waals surface area contributed by atoms with Crippen LogP contribution in [0.4, 0.5) is 5.69 Å². The van der Waals surface area contributed by atoms with Crippen LogP contribution < -0.4 is 0 Å². The van der Waals surface area contributed by atoms with Crippen molar-refractivity contribution in [2.24, 2.45) is 0 Å². The van der Waals surface area contributed by atoms with Gasteiger partial charge in [-0.05, 0) is 62.6 Å². The number of benzene rings is 1. The van der Waals surface area contributed by atoms with E-state index in [4.69, 9.17) is 4.74 Å². The molecular formula is C20H17FeNO3+2. The Morgan fingerprint density at radius 1 is 0.920 bits per heavy atom. The summed E-state index contributed by atoms with van der Waals surface area (Å²) < 4.78 is 5.75. The third kappa shape index (κ3) is 5.95. The van der Waals surface area contributed by atoms with Crippen molar-refractivity contribution in [3.8, 4) is 0 Å². The zero-order valence-electron chi connectivity index (χ0n) is 13.4. The second kappa shape index (κ2) is 10.1. The van der Waals surface area contributed by atoms with Crippen molar-refractivity contribution in [2.75, 3.05) is 13.2 Å². The van der Waals surface area contributed by atoms with Crippen LogP contribution in [-0.2, 0) is 21.8 Å². The third-order valence-corrected chi connectivity index (χ3v) is 3.76. The zero-order chi connectivity index (χ0) is 16.8. The van der Waals surface area contributed by atoms with Crippen molar-refractivity contribution in [3.05, 3.63) is 109 Å². The Kier molecular flexibility index (Phi) is 8.14.